The van der Waals surface area contributed by atoms with E-state index < -0.39 is 11.8 Å². The molecule has 3 N–H and O–H groups in total. The Bertz CT molecular complexity index is 609. The van der Waals surface area contributed by atoms with Gasteiger partial charge in [-0.15, -0.1) is 0 Å². The van der Waals surface area contributed by atoms with Gasteiger partial charge < -0.3 is 10.6 Å². The molecule has 0 bridgehead atoms. The normalized spacial score (nSPS) is 10.9. The molecule has 24 heavy (non-hydrogen) atoms. The molecule has 0 unspecified atom stereocenters. The number of hydrogen-bond acceptors (Lipinski definition) is 4. The van der Waals surface area contributed by atoms with E-state index in [1.54, 1.807) is 19.1 Å². The van der Waals surface area contributed by atoms with Crippen molar-refractivity contribution < 1.29 is 14.4 Å². The average Bonchev–Trinajstić information content (AvgIpc) is 2.58. The fraction of sp³-hybridized carbons (Fsp3) is 0.412. The second-order valence-electron chi connectivity index (χ2n) is 5.32. The van der Waals surface area contributed by atoms with Gasteiger partial charge in [0.2, 0.25) is 5.91 Å². The van der Waals surface area contributed by atoms with E-state index >= 15 is 0 Å². The summed E-state index contributed by atoms with van der Waals surface area (Å²) in [5.41, 5.74) is 4.23. The van der Waals surface area contributed by atoms with Gasteiger partial charge in [0.05, 0.1) is 6.42 Å². The van der Waals surface area contributed by atoms with Gasteiger partial charge in [-0.05, 0) is 37.5 Å². The number of benzene rings is 1. The van der Waals surface area contributed by atoms with Crippen molar-refractivity contribution >= 4 is 29.1 Å². The molecule has 0 aliphatic rings. The van der Waals surface area contributed by atoms with Gasteiger partial charge in [0.15, 0.2) is 0 Å². The number of aryl methyl sites for hydroxylation is 1. The van der Waals surface area contributed by atoms with E-state index in [4.69, 9.17) is 0 Å². The molecular formula is C17H24N4O3. The number of nitrogens with zero attached hydrogens (tertiary/aromatic N) is 1. The SMILES string of the molecule is CCCNC(=O)C/C(C)=N\NC(=O)C(=O)Nc1ccc(CC)cc1. The van der Waals surface area contributed by atoms with Crippen LogP contribution < -0.4 is 16.1 Å². The molecule has 0 saturated heterocycles. The standard InChI is InChI=1S/C17H24N4O3/c1-4-10-18-15(22)11-12(3)20-21-17(24)16(23)19-14-8-6-13(5-2)7-9-14/h6-9H,4-5,10-11H2,1-3H3,(H,18,22)(H,19,23)(H,21,24)/b20-12-. The van der Waals surface area contributed by atoms with Crippen molar-refractivity contribution in [3.05, 3.63) is 29.8 Å². The maximum atomic E-state index is 11.8. The molecule has 1 aromatic carbocycles. The third-order valence-corrected chi connectivity index (χ3v) is 3.16. The highest BCUT2D eigenvalue weighted by Gasteiger charge is 2.13. The summed E-state index contributed by atoms with van der Waals surface area (Å²) >= 11 is 0. The summed E-state index contributed by atoms with van der Waals surface area (Å²) in [6.45, 7) is 6.19. The summed E-state index contributed by atoms with van der Waals surface area (Å²) in [6, 6.07) is 7.22. The Morgan fingerprint density at radius 3 is 2.29 bits per heavy atom. The predicted molar refractivity (Wildman–Crippen MR) is 93.6 cm³/mol. The number of anilines is 1. The zero-order valence-corrected chi connectivity index (χ0v) is 14.3. The van der Waals surface area contributed by atoms with Crippen molar-refractivity contribution in [1.82, 2.24) is 10.7 Å². The summed E-state index contributed by atoms with van der Waals surface area (Å²) in [4.78, 5) is 35.0. The zero-order valence-electron chi connectivity index (χ0n) is 14.3. The van der Waals surface area contributed by atoms with Crippen molar-refractivity contribution in [2.24, 2.45) is 5.10 Å². The fourth-order valence-corrected chi connectivity index (χ4v) is 1.81. The van der Waals surface area contributed by atoms with E-state index in [0.29, 0.717) is 17.9 Å². The number of rotatable bonds is 7. The maximum absolute atomic E-state index is 11.8. The Labute approximate surface area is 141 Å². The van der Waals surface area contributed by atoms with Crippen LogP contribution in [0.15, 0.2) is 29.4 Å². The molecule has 1 rings (SSSR count). The summed E-state index contributed by atoms with van der Waals surface area (Å²) in [5.74, 6) is -1.87. The molecule has 0 fully saturated rings. The van der Waals surface area contributed by atoms with Crippen LogP contribution in [0.4, 0.5) is 5.69 Å². The minimum absolute atomic E-state index is 0.0698. The molecule has 1 aromatic rings. The molecule has 7 nitrogen and oxygen atoms in total. The van der Waals surface area contributed by atoms with Crippen LogP contribution in [-0.2, 0) is 20.8 Å². The molecule has 7 heteroatoms. The van der Waals surface area contributed by atoms with E-state index in [9.17, 15) is 14.4 Å². The van der Waals surface area contributed by atoms with E-state index in [0.717, 1.165) is 18.4 Å². The van der Waals surface area contributed by atoms with Gasteiger partial charge in [0, 0.05) is 17.9 Å². The quantitative estimate of drug-likeness (QED) is 0.402. The first-order chi connectivity index (χ1) is 11.5. The Balaban J connectivity index is 2.46. The first-order valence-corrected chi connectivity index (χ1v) is 7.96. The first-order valence-electron chi connectivity index (χ1n) is 7.96. The van der Waals surface area contributed by atoms with Crippen molar-refractivity contribution in [2.75, 3.05) is 11.9 Å². The minimum atomic E-state index is -0.886. The Hall–Kier alpha value is -2.70. The lowest BCUT2D eigenvalue weighted by Gasteiger charge is -2.06. The summed E-state index contributed by atoms with van der Waals surface area (Å²) < 4.78 is 0. The van der Waals surface area contributed by atoms with E-state index in [1.807, 2.05) is 26.0 Å². The minimum Gasteiger partial charge on any atom is -0.356 e. The van der Waals surface area contributed by atoms with Crippen LogP contribution in [0.1, 0.15) is 39.2 Å². The third kappa shape index (κ3) is 7.04. The van der Waals surface area contributed by atoms with Crippen LogP contribution in [0.25, 0.3) is 0 Å². The highest BCUT2D eigenvalue weighted by Crippen LogP contribution is 2.09. The van der Waals surface area contributed by atoms with Crippen molar-refractivity contribution in [3.63, 3.8) is 0 Å². The highest BCUT2D eigenvalue weighted by atomic mass is 16.2. The van der Waals surface area contributed by atoms with E-state index in [-0.39, 0.29) is 12.3 Å². The molecular weight excluding hydrogens is 308 g/mol. The Kier molecular flexibility index (Phi) is 8.18. The van der Waals surface area contributed by atoms with Crippen LogP contribution >= 0.6 is 0 Å². The number of hydrogen-bond donors (Lipinski definition) is 3. The van der Waals surface area contributed by atoms with Gasteiger partial charge in [-0.1, -0.05) is 26.0 Å². The zero-order chi connectivity index (χ0) is 17.9. The average molecular weight is 332 g/mol. The van der Waals surface area contributed by atoms with Gasteiger partial charge in [-0.3, -0.25) is 14.4 Å². The van der Waals surface area contributed by atoms with Crippen LogP contribution in [0, 0.1) is 0 Å². The van der Waals surface area contributed by atoms with Gasteiger partial charge in [-0.25, -0.2) is 5.43 Å². The van der Waals surface area contributed by atoms with Gasteiger partial charge in [0.1, 0.15) is 0 Å². The Morgan fingerprint density at radius 1 is 1.04 bits per heavy atom. The van der Waals surface area contributed by atoms with Crippen molar-refractivity contribution in [1.29, 1.82) is 0 Å². The number of carbonyl (C=O) groups excluding carboxylic acids is 3. The number of nitrogens with one attached hydrogen (secondary N) is 3. The maximum Gasteiger partial charge on any atom is 0.329 e. The topological polar surface area (TPSA) is 99.7 Å². The molecule has 0 saturated carbocycles. The smallest absolute Gasteiger partial charge is 0.329 e. The summed E-state index contributed by atoms with van der Waals surface area (Å²) in [7, 11) is 0. The van der Waals surface area contributed by atoms with Crippen LogP contribution in [0.5, 0.6) is 0 Å². The first kappa shape index (κ1) is 19.3. The van der Waals surface area contributed by atoms with Crippen molar-refractivity contribution in [3.8, 4) is 0 Å². The molecule has 0 aliphatic heterocycles. The highest BCUT2D eigenvalue weighted by molar-refractivity contribution is 6.39. The Morgan fingerprint density at radius 2 is 1.71 bits per heavy atom. The monoisotopic (exact) mass is 332 g/mol. The van der Waals surface area contributed by atoms with Gasteiger partial charge in [0.25, 0.3) is 0 Å². The molecule has 0 aliphatic carbocycles. The van der Waals surface area contributed by atoms with Crippen LogP contribution in [0.2, 0.25) is 0 Å². The van der Waals surface area contributed by atoms with Gasteiger partial charge in [-0.2, -0.15) is 5.10 Å². The van der Waals surface area contributed by atoms with Crippen LogP contribution in [0.3, 0.4) is 0 Å². The molecule has 0 radical (unpaired) electrons. The lowest BCUT2D eigenvalue weighted by Crippen LogP contribution is -2.33. The molecule has 0 spiro atoms. The van der Waals surface area contributed by atoms with Crippen molar-refractivity contribution in [2.45, 2.75) is 40.0 Å². The van der Waals surface area contributed by atoms with E-state index in [1.165, 1.54) is 0 Å². The van der Waals surface area contributed by atoms with Crippen LogP contribution in [-0.4, -0.2) is 30.0 Å². The fourth-order valence-electron chi connectivity index (χ4n) is 1.81. The largest absolute Gasteiger partial charge is 0.356 e. The van der Waals surface area contributed by atoms with E-state index in [2.05, 4.69) is 21.2 Å². The molecule has 0 aromatic heterocycles. The predicted octanol–water partition coefficient (Wildman–Crippen LogP) is 1.60. The number of hydrazone groups is 1. The lowest BCUT2D eigenvalue weighted by atomic mass is 10.1. The second kappa shape index (κ2) is 10.1. The molecule has 0 atom stereocenters. The van der Waals surface area contributed by atoms with Gasteiger partial charge >= 0.3 is 11.8 Å². The second-order valence-corrected chi connectivity index (χ2v) is 5.32. The lowest BCUT2D eigenvalue weighted by molar-refractivity contribution is -0.136. The third-order valence-electron chi connectivity index (χ3n) is 3.16. The molecule has 130 valence electrons. The molecule has 0 heterocycles. The summed E-state index contributed by atoms with van der Waals surface area (Å²) in [5, 5.41) is 8.95. The number of carbonyl (C=O) groups is 3. The number of amides is 3. The molecule has 3 amide bonds. The summed E-state index contributed by atoms with van der Waals surface area (Å²) in [6.07, 6.45) is 1.81.